The second-order valence-electron chi connectivity index (χ2n) is 8.04. The second-order valence-corrected chi connectivity index (χ2v) is 8.99. The maximum Gasteiger partial charge on any atom is 0.196 e. The Balaban J connectivity index is 1.73. The number of fused-ring (bicyclic) bond motifs is 3. The number of hydrogen-bond acceptors (Lipinski definition) is 4. The highest BCUT2D eigenvalue weighted by atomic mass is 32.1. The summed E-state index contributed by atoms with van der Waals surface area (Å²) in [6, 6.07) is 11.4. The van der Waals surface area contributed by atoms with Crippen LogP contribution in [0.4, 0.5) is 24.7 Å². The van der Waals surface area contributed by atoms with Crippen LogP contribution in [0.15, 0.2) is 41.8 Å². The van der Waals surface area contributed by atoms with E-state index in [0.717, 1.165) is 28.2 Å². The van der Waals surface area contributed by atoms with Gasteiger partial charge in [-0.2, -0.15) is 0 Å². The highest BCUT2D eigenvalue weighted by Crippen LogP contribution is 2.40. The lowest BCUT2D eigenvalue weighted by Gasteiger charge is -2.26. The molecule has 162 valence electrons. The molecule has 2 aromatic heterocycles. The molecule has 0 saturated carbocycles. The molecule has 1 aliphatic carbocycles. The number of nitrogens with zero attached hydrogens (tertiary/aromatic N) is 3. The standard InChI is InChI=1S/C25H20F3N3S/c1-13-6-8-16-15(11-13)7-9-17-23(16)30-24(19-5-4-10-32-19)25(29-17)31(3)18-12-14(2)20(26)22(28)21(18)27/h4-6,8,10-12H,7,9H2,1-3H3. The quantitative estimate of drug-likeness (QED) is 0.322. The number of aromatic nitrogens is 2. The maximum atomic E-state index is 14.7. The van der Waals surface area contributed by atoms with Crippen molar-refractivity contribution in [2.45, 2.75) is 26.7 Å². The summed E-state index contributed by atoms with van der Waals surface area (Å²) in [5.74, 6) is -3.50. The summed E-state index contributed by atoms with van der Waals surface area (Å²) < 4.78 is 42.8. The maximum absolute atomic E-state index is 14.7. The van der Waals surface area contributed by atoms with Crippen molar-refractivity contribution in [3.8, 4) is 21.8 Å². The molecule has 0 bridgehead atoms. The molecule has 4 aromatic rings. The third-order valence-corrected chi connectivity index (χ3v) is 6.72. The monoisotopic (exact) mass is 451 g/mol. The lowest BCUT2D eigenvalue weighted by atomic mass is 9.90. The number of benzene rings is 2. The topological polar surface area (TPSA) is 29.0 Å². The van der Waals surface area contributed by atoms with Crippen molar-refractivity contribution in [1.82, 2.24) is 9.97 Å². The molecule has 0 radical (unpaired) electrons. The SMILES string of the molecule is Cc1ccc2c(c1)CCc1nc(N(C)c3cc(C)c(F)c(F)c3F)c(-c3cccs3)nc1-2. The summed E-state index contributed by atoms with van der Waals surface area (Å²) in [7, 11) is 1.60. The molecule has 1 aliphatic rings. The minimum absolute atomic E-state index is 0.0265. The van der Waals surface area contributed by atoms with Crippen LogP contribution in [0.1, 0.15) is 22.4 Å². The van der Waals surface area contributed by atoms with Crippen LogP contribution in [0.2, 0.25) is 0 Å². The fourth-order valence-corrected chi connectivity index (χ4v) is 4.86. The van der Waals surface area contributed by atoms with Crippen molar-refractivity contribution >= 4 is 22.8 Å². The molecule has 5 rings (SSSR count). The molecule has 0 atom stereocenters. The average Bonchev–Trinajstić information content (AvgIpc) is 3.33. The molecule has 32 heavy (non-hydrogen) atoms. The highest BCUT2D eigenvalue weighted by Gasteiger charge is 2.27. The molecule has 0 unspecified atom stereocenters. The van der Waals surface area contributed by atoms with Crippen LogP contribution >= 0.6 is 11.3 Å². The van der Waals surface area contributed by atoms with E-state index in [9.17, 15) is 13.2 Å². The van der Waals surface area contributed by atoms with Crippen LogP contribution in [0.5, 0.6) is 0 Å². The average molecular weight is 452 g/mol. The number of rotatable bonds is 3. The summed E-state index contributed by atoms with van der Waals surface area (Å²) in [5, 5.41) is 1.93. The first kappa shape index (κ1) is 20.7. The minimum atomic E-state index is -1.49. The summed E-state index contributed by atoms with van der Waals surface area (Å²) in [5.41, 5.74) is 5.62. The van der Waals surface area contributed by atoms with Crippen molar-refractivity contribution in [3.05, 3.63) is 81.6 Å². The predicted octanol–water partition coefficient (Wildman–Crippen LogP) is 6.77. The summed E-state index contributed by atoms with van der Waals surface area (Å²) in [6.45, 7) is 3.47. The summed E-state index contributed by atoms with van der Waals surface area (Å²) in [4.78, 5) is 12.2. The zero-order chi connectivity index (χ0) is 22.6. The largest absolute Gasteiger partial charge is 0.325 e. The van der Waals surface area contributed by atoms with E-state index in [2.05, 4.69) is 25.1 Å². The number of hydrogen-bond donors (Lipinski definition) is 0. The van der Waals surface area contributed by atoms with Gasteiger partial charge in [-0.25, -0.2) is 23.1 Å². The third kappa shape index (κ3) is 3.28. The number of anilines is 2. The van der Waals surface area contributed by atoms with E-state index in [-0.39, 0.29) is 11.3 Å². The molecular formula is C25H20F3N3S. The first-order valence-electron chi connectivity index (χ1n) is 10.3. The number of halogens is 3. The second kappa shape index (κ2) is 7.74. The van der Waals surface area contributed by atoms with E-state index >= 15 is 0 Å². The summed E-state index contributed by atoms with van der Waals surface area (Å²) in [6.07, 6.45) is 1.53. The van der Waals surface area contributed by atoms with Crippen LogP contribution in [-0.4, -0.2) is 17.0 Å². The van der Waals surface area contributed by atoms with E-state index in [1.807, 2.05) is 17.5 Å². The van der Waals surface area contributed by atoms with E-state index in [1.165, 1.54) is 40.4 Å². The van der Waals surface area contributed by atoms with Gasteiger partial charge in [-0.05, 0) is 55.3 Å². The van der Waals surface area contributed by atoms with Gasteiger partial charge in [0.15, 0.2) is 23.3 Å². The van der Waals surface area contributed by atoms with E-state index in [4.69, 9.17) is 9.97 Å². The molecule has 3 nitrogen and oxygen atoms in total. The molecule has 2 heterocycles. The van der Waals surface area contributed by atoms with Crippen LogP contribution in [0.25, 0.3) is 21.8 Å². The van der Waals surface area contributed by atoms with Gasteiger partial charge in [0.1, 0.15) is 5.69 Å². The van der Waals surface area contributed by atoms with Gasteiger partial charge < -0.3 is 4.90 Å². The Morgan fingerprint density at radius 1 is 0.906 bits per heavy atom. The molecule has 0 saturated heterocycles. The van der Waals surface area contributed by atoms with Gasteiger partial charge >= 0.3 is 0 Å². The van der Waals surface area contributed by atoms with Crippen molar-refractivity contribution in [2.75, 3.05) is 11.9 Å². The molecule has 0 spiro atoms. The van der Waals surface area contributed by atoms with Crippen molar-refractivity contribution in [3.63, 3.8) is 0 Å². The van der Waals surface area contributed by atoms with Crippen molar-refractivity contribution < 1.29 is 13.2 Å². The Morgan fingerprint density at radius 2 is 1.72 bits per heavy atom. The van der Waals surface area contributed by atoms with Gasteiger partial charge in [0.25, 0.3) is 0 Å². The molecular weight excluding hydrogens is 431 g/mol. The third-order valence-electron chi connectivity index (χ3n) is 5.84. The fraction of sp³-hybridized carbons (Fsp3) is 0.200. The first-order valence-corrected chi connectivity index (χ1v) is 11.2. The van der Waals surface area contributed by atoms with E-state index in [1.54, 1.807) is 7.05 Å². The molecule has 2 aromatic carbocycles. The van der Waals surface area contributed by atoms with Gasteiger partial charge in [-0.3, -0.25) is 0 Å². The van der Waals surface area contributed by atoms with Crippen molar-refractivity contribution in [2.24, 2.45) is 0 Å². The van der Waals surface area contributed by atoms with Crippen LogP contribution < -0.4 is 4.90 Å². The molecule has 0 N–H and O–H groups in total. The predicted molar refractivity (Wildman–Crippen MR) is 122 cm³/mol. The van der Waals surface area contributed by atoms with Gasteiger partial charge in [0, 0.05) is 12.6 Å². The lowest BCUT2D eigenvalue weighted by molar-refractivity contribution is 0.444. The normalized spacial score (nSPS) is 12.4. The molecule has 0 aliphatic heterocycles. The Labute approximate surface area is 188 Å². The molecule has 0 amide bonds. The van der Waals surface area contributed by atoms with E-state index in [0.29, 0.717) is 17.9 Å². The first-order chi connectivity index (χ1) is 15.3. The van der Waals surface area contributed by atoms with Crippen LogP contribution in [0, 0.1) is 31.3 Å². The Hall–Kier alpha value is -3.19. The van der Waals surface area contributed by atoms with Crippen molar-refractivity contribution in [1.29, 1.82) is 0 Å². The smallest absolute Gasteiger partial charge is 0.196 e. The number of thiophene rings is 1. The fourth-order valence-electron chi connectivity index (χ4n) is 4.15. The van der Waals surface area contributed by atoms with Gasteiger partial charge in [0.05, 0.1) is 22.0 Å². The lowest BCUT2D eigenvalue weighted by Crippen LogP contribution is -2.19. The Kier molecular flexibility index (Phi) is 5.01. The summed E-state index contributed by atoms with van der Waals surface area (Å²) >= 11 is 1.49. The van der Waals surface area contributed by atoms with Crippen LogP contribution in [0.3, 0.4) is 0 Å². The number of aryl methyl sites for hydroxylation is 4. The van der Waals surface area contributed by atoms with Gasteiger partial charge in [-0.1, -0.05) is 29.8 Å². The van der Waals surface area contributed by atoms with Gasteiger partial charge in [-0.15, -0.1) is 11.3 Å². The van der Waals surface area contributed by atoms with Gasteiger partial charge in [0.2, 0.25) is 0 Å². The van der Waals surface area contributed by atoms with E-state index < -0.39 is 17.5 Å². The van der Waals surface area contributed by atoms with Crippen LogP contribution in [-0.2, 0) is 12.8 Å². The molecule has 0 fully saturated rings. The molecule has 7 heteroatoms. The zero-order valence-electron chi connectivity index (χ0n) is 17.8. The Morgan fingerprint density at radius 3 is 2.47 bits per heavy atom. The Bertz CT molecular complexity index is 1350. The minimum Gasteiger partial charge on any atom is -0.325 e. The highest BCUT2D eigenvalue weighted by molar-refractivity contribution is 7.13. The zero-order valence-corrected chi connectivity index (χ0v) is 18.7.